The van der Waals surface area contributed by atoms with Gasteiger partial charge in [0.2, 0.25) is 0 Å². The minimum atomic E-state index is -0.387. The number of nitrogens with one attached hydrogen (secondary N) is 1. The summed E-state index contributed by atoms with van der Waals surface area (Å²) in [6.45, 7) is 2.40. The molecule has 0 saturated carbocycles. The van der Waals surface area contributed by atoms with Crippen LogP contribution in [0.5, 0.6) is 5.75 Å². The number of aromatic nitrogens is 1. The summed E-state index contributed by atoms with van der Waals surface area (Å²) in [5.74, 6) is -0.172. The molecular formula is C20H21FN2O2. The third-order valence-electron chi connectivity index (χ3n) is 4.48. The summed E-state index contributed by atoms with van der Waals surface area (Å²) in [5, 5.41) is 4.35. The molecule has 1 heterocycles. The Kier molecular flexibility index (Phi) is 4.86. The molecule has 130 valence electrons. The first kappa shape index (κ1) is 17.2. The molecule has 0 aliphatic rings. The van der Waals surface area contributed by atoms with Crippen LogP contribution in [0.15, 0.2) is 53.3 Å². The quantitative estimate of drug-likeness (QED) is 0.773. The molecule has 3 aromatic rings. The van der Waals surface area contributed by atoms with Gasteiger partial charge in [0.25, 0.3) is 5.56 Å². The van der Waals surface area contributed by atoms with Crippen LogP contribution in [0.4, 0.5) is 4.39 Å². The Morgan fingerprint density at radius 2 is 1.96 bits per heavy atom. The van der Waals surface area contributed by atoms with Crippen molar-refractivity contribution in [3.8, 4) is 5.75 Å². The number of nitrogens with zero attached hydrogens (tertiary/aromatic N) is 1. The molecule has 2 aromatic carbocycles. The molecule has 0 radical (unpaired) electrons. The van der Waals surface area contributed by atoms with Crippen LogP contribution in [0.25, 0.3) is 10.9 Å². The first-order valence-corrected chi connectivity index (χ1v) is 8.15. The van der Waals surface area contributed by atoms with Gasteiger partial charge in [0.15, 0.2) is 11.6 Å². The second kappa shape index (κ2) is 7.07. The van der Waals surface area contributed by atoms with Crippen molar-refractivity contribution in [2.75, 3.05) is 7.11 Å². The largest absolute Gasteiger partial charge is 0.494 e. The smallest absolute Gasteiger partial charge is 0.255 e. The van der Waals surface area contributed by atoms with Crippen LogP contribution < -0.4 is 15.6 Å². The lowest BCUT2D eigenvalue weighted by Crippen LogP contribution is -2.27. The molecule has 1 N–H and O–H groups in total. The molecule has 1 unspecified atom stereocenters. The van der Waals surface area contributed by atoms with Gasteiger partial charge in [-0.25, -0.2) is 4.39 Å². The van der Waals surface area contributed by atoms with Crippen molar-refractivity contribution in [3.05, 3.63) is 75.8 Å². The number of aryl methyl sites for hydroxylation is 1. The molecule has 3 rings (SSSR count). The Balaban J connectivity index is 1.83. The number of hydrogen-bond donors (Lipinski definition) is 1. The summed E-state index contributed by atoms with van der Waals surface area (Å²) in [7, 11) is 3.22. The van der Waals surface area contributed by atoms with Gasteiger partial charge in [0.05, 0.1) is 12.6 Å². The van der Waals surface area contributed by atoms with Crippen LogP contribution in [0.2, 0.25) is 0 Å². The molecule has 0 bridgehead atoms. The van der Waals surface area contributed by atoms with E-state index in [0.717, 1.165) is 16.5 Å². The first-order valence-electron chi connectivity index (χ1n) is 8.15. The van der Waals surface area contributed by atoms with Gasteiger partial charge in [-0.05, 0) is 42.1 Å². The number of rotatable bonds is 5. The SMILES string of the molecule is COc1cc(C(C)NCc2cc3ccccc3n(C)c2=O)ccc1F. The van der Waals surface area contributed by atoms with E-state index < -0.39 is 0 Å². The van der Waals surface area contributed by atoms with Crippen molar-refractivity contribution in [2.24, 2.45) is 7.05 Å². The lowest BCUT2D eigenvalue weighted by Gasteiger charge is -2.16. The van der Waals surface area contributed by atoms with Crippen molar-refractivity contribution in [1.29, 1.82) is 0 Å². The van der Waals surface area contributed by atoms with Gasteiger partial charge in [-0.1, -0.05) is 24.3 Å². The minimum absolute atomic E-state index is 0.0184. The number of methoxy groups -OCH3 is 1. The van der Waals surface area contributed by atoms with Crippen LogP contribution in [0.3, 0.4) is 0 Å². The maximum Gasteiger partial charge on any atom is 0.255 e. The maximum absolute atomic E-state index is 13.5. The van der Waals surface area contributed by atoms with E-state index in [2.05, 4.69) is 5.32 Å². The monoisotopic (exact) mass is 340 g/mol. The highest BCUT2D eigenvalue weighted by Crippen LogP contribution is 2.22. The second-order valence-corrected chi connectivity index (χ2v) is 6.09. The average Bonchev–Trinajstić information content (AvgIpc) is 2.63. The lowest BCUT2D eigenvalue weighted by molar-refractivity contribution is 0.385. The number of hydrogen-bond acceptors (Lipinski definition) is 3. The molecular weight excluding hydrogens is 319 g/mol. The molecule has 4 nitrogen and oxygen atoms in total. The zero-order valence-electron chi connectivity index (χ0n) is 14.5. The Labute approximate surface area is 145 Å². The molecule has 0 saturated heterocycles. The van der Waals surface area contributed by atoms with E-state index >= 15 is 0 Å². The van der Waals surface area contributed by atoms with Gasteiger partial charge >= 0.3 is 0 Å². The molecule has 1 aromatic heterocycles. The normalized spacial score (nSPS) is 12.3. The predicted octanol–water partition coefficient (Wildman–Crippen LogP) is 3.54. The molecule has 0 aliphatic heterocycles. The fourth-order valence-corrected chi connectivity index (χ4v) is 2.94. The zero-order chi connectivity index (χ0) is 18.0. The third kappa shape index (κ3) is 3.42. The van der Waals surface area contributed by atoms with E-state index in [4.69, 9.17) is 4.74 Å². The van der Waals surface area contributed by atoms with Crippen molar-refractivity contribution < 1.29 is 9.13 Å². The van der Waals surface area contributed by atoms with Crippen molar-refractivity contribution >= 4 is 10.9 Å². The fraction of sp³-hybridized carbons (Fsp3) is 0.250. The Morgan fingerprint density at radius 3 is 2.72 bits per heavy atom. The van der Waals surface area contributed by atoms with E-state index in [-0.39, 0.29) is 23.2 Å². The van der Waals surface area contributed by atoms with Crippen LogP contribution in [0, 0.1) is 5.82 Å². The fourth-order valence-electron chi connectivity index (χ4n) is 2.94. The van der Waals surface area contributed by atoms with E-state index in [1.165, 1.54) is 13.2 Å². The highest BCUT2D eigenvalue weighted by Gasteiger charge is 2.11. The van der Waals surface area contributed by atoms with E-state index in [1.807, 2.05) is 37.3 Å². The van der Waals surface area contributed by atoms with Gasteiger partial charge in [-0.15, -0.1) is 0 Å². The zero-order valence-corrected chi connectivity index (χ0v) is 14.5. The number of pyridine rings is 1. The van der Waals surface area contributed by atoms with Gasteiger partial charge in [-0.3, -0.25) is 4.79 Å². The predicted molar refractivity (Wildman–Crippen MR) is 97.4 cm³/mol. The van der Waals surface area contributed by atoms with Gasteiger partial charge in [-0.2, -0.15) is 0 Å². The third-order valence-corrected chi connectivity index (χ3v) is 4.48. The number of para-hydroxylation sites is 1. The standard InChI is InChI=1S/C20H21FN2O2/c1-13(14-8-9-17(21)19(11-14)25-3)22-12-16-10-15-6-4-5-7-18(15)23(2)20(16)24/h4-11,13,22H,12H2,1-3H3. The first-order chi connectivity index (χ1) is 12.0. The summed E-state index contributed by atoms with van der Waals surface area (Å²) >= 11 is 0. The minimum Gasteiger partial charge on any atom is -0.494 e. The molecule has 1 atom stereocenters. The summed E-state index contributed by atoms with van der Waals surface area (Å²) in [4.78, 5) is 12.5. The van der Waals surface area contributed by atoms with Crippen molar-refractivity contribution in [3.63, 3.8) is 0 Å². The molecule has 0 amide bonds. The van der Waals surface area contributed by atoms with E-state index in [9.17, 15) is 9.18 Å². The summed E-state index contributed by atoms with van der Waals surface area (Å²) < 4.78 is 20.2. The highest BCUT2D eigenvalue weighted by molar-refractivity contribution is 5.79. The van der Waals surface area contributed by atoms with E-state index in [1.54, 1.807) is 23.7 Å². The Bertz CT molecular complexity index is 966. The summed E-state index contributed by atoms with van der Waals surface area (Å²) in [6, 6.07) is 14.4. The van der Waals surface area contributed by atoms with Crippen LogP contribution in [-0.4, -0.2) is 11.7 Å². The summed E-state index contributed by atoms with van der Waals surface area (Å²) in [6.07, 6.45) is 0. The summed E-state index contributed by atoms with van der Waals surface area (Å²) in [5.41, 5.74) is 2.49. The number of benzene rings is 2. The van der Waals surface area contributed by atoms with Crippen LogP contribution in [-0.2, 0) is 13.6 Å². The van der Waals surface area contributed by atoms with Gasteiger partial charge < -0.3 is 14.6 Å². The Hall–Kier alpha value is -2.66. The van der Waals surface area contributed by atoms with E-state index in [0.29, 0.717) is 12.1 Å². The number of ether oxygens (including phenoxy) is 1. The second-order valence-electron chi connectivity index (χ2n) is 6.09. The maximum atomic E-state index is 13.5. The lowest BCUT2D eigenvalue weighted by atomic mass is 10.1. The number of halogens is 1. The average molecular weight is 340 g/mol. The molecule has 5 heteroatoms. The molecule has 0 fully saturated rings. The molecule has 25 heavy (non-hydrogen) atoms. The Morgan fingerprint density at radius 1 is 1.20 bits per heavy atom. The topological polar surface area (TPSA) is 43.3 Å². The van der Waals surface area contributed by atoms with Gasteiger partial charge in [0.1, 0.15) is 0 Å². The van der Waals surface area contributed by atoms with Crippen molar-refractivity contribution in [1.82, 2.24) is 9.88 Å². The molecule has 0 spiro atoms. The van der Waals surface area contributed by atoms with Crippen LogP contribution >= 0.6 is 0 Å². The van der Waals surface area contributed by atoms with Crippen molar-refractivity contribution in [2.45, 2.75) is 19.5 Å². The highest BCUT2D eigenvalue weighted by atomic mass is 19.1. The molecule has 0 aliphatic carbocycles. The van der Waals surface area contributed by atoms with Gasteiger partial charge in [0, 0.05) is 25.2 Å². The van der Waals surface area contributed by atoms with Crippen LogP contribution in [0.1, 0.15) is 24.1 Å². The number of fused-ring (bicyclic) bond motifs is 1.